The number of hydrogen-bond acceptors (Lipinski definition) is 7. The maximum Gasteiger partial charge on any atom is 0.274 e. The van der Waals surface area contributed by atoms with Crippen molar-refractivity contribution >= 4 is 21.6 Å². The van der Waals surface area contributed by atoms with Crippen LogP contribution in [0.1, 0.15) is 29.5 Å². The third-order valence-corrected chi connectivity index (χ3v) is 6.06. The predicted molar refractivity (Wildman–Crippen MR) is 97.4 cm³/mol. The number of nitrogens with zero attached hydrogens (tertiary/aromatic N) is 4. The van der Waals surface area contributed by atoms with Gasteiger partial charge in [-0.1, -0.05) is 6.07 Å². The highest BCUT2D eigenvalue weighted by Gasteiger charge is 2.34. The molecule has 0 bridgehead atoms. The van der Waals surface area contributed by atoms with Gasteiger partial charge in [0.05, 0.1) is 23.7 Å². The zero-order valence-electron chi connectivity index (χ0n) is 14.5. The molecule has 1 amide bonds. The number of carbonyl (C=O) groups is 1. The Bertz CT molecular complexity index is 856. The molecule has 1 atom stereocenters. The Morgan fingerprint density at radius 1 is 1.27 bits per heavy atom. The van der Waals surface area contributed by atoms with Gasteiger partial charge in [0.1, 0.15) is 5.82 Å². The average molecular weight is 375 g/mol. The highest BCUT2D eigenvalue weighted by molar-refractivity contribution is 7.91. The molecule has 3 heterocycles. The minimum atomic E-state index is -3.05. The lowest BCUT2D eigenvalue weighted by Crippen LogP contribution is -2.41. The van der Waals surface area contributed by atoms with E-state index in [1.54, 1.807) is 23.2 Å². The molecule has 0 spiro atoms. The number of amides is 1. The number of hydrogen-bond donors (Lipinski definition) is 1. The van der Waals surface area contributed by atoms with Gasteiger partial charge in [-0.05, 0) is 37.6 Å². The maximum absolute atomic E-state index is 12.7. The van der Waals surface area contributed by atoms with Crippen molar-refractivity contribution in [2.24, 2.45) is 0 Å². The molecule has 0 aliphatic carbocycles. The first kappa shape index (κ1) is 18.2. The molecule has 9 heteroatoms. The molecule has 3 rings (SSSR count). The molecule has 0 aromatic carbocycles. The number of aromatic nitrogens is 3. The third kappa shape index (κ3) is 4.34. The normalized spacial score (nSPS) is 18.4. The molecule has 1 fully saturated rings. The number of pyridine rings is 1. The van der Waals surface area contributed by atoms with Crippen LogP contribution in [0, 0.1) is 0 Å². The fraction of sp³-hybridized carbons (Fsp3) is 0.412. The maximum atomic E-state index is 12.7. The van der Waals surface area contributed by atoms with E-state index in [0.29, 0.717) is 25.3 Å². The van der Waals surface area contributed by atoms with Gasteiger partial charge in [0.2, 0.25) is 0 Å². The first-order valence-electron chi connectivity index (χ1n) is 8.47. The molecular formula is C17H21N5O3S. The Morgan fingerprint density at radius 3 is 2.69 bits per heavy atom. The van der Waals surface area contributed by atoms with Crippen LogP contribution in [-0.4, -0.2) is 58.5 Å². The average Bonchev–Trinajstić information content (AvgIpc) is 3.01. The second-order valence-corrected chi connectivity index (χ2v) is 8.36. The van der Waals surface area contributed by atoms with Crippen LogP contribution in [-0.2, 0) is 16.4 Å². The summed E-state index contributed by atoms with van der Waals surface area (Å²) in [5.41, 5.74) is 1.08. The molecule has 2 aromatic heterocycles. The van der Waals surface area contributed by atoms with Crippen molar-refractivity contribution in [2.75, 3.05) is 23.4 Å². The molecular weight excluding hydrogens is 354 g/mol. The number of sulfone groups is 1. The Labute approximate surface area is 152 Å². The summed E-state index contributed by atoms with van der Waals surface area (Å²) in [5, 5.41) is 11.1. The van der Waals surface area contributed by atoms with Gasteiger partial charge >= 0.3 is 0 Å². The minimum Gasteiger partial charge on any atom is -0.363 e. The van der Waals surface area contributed by atoms with Gasteiger partial charge in [-0.3, -0.25) is 9.78 Å². The SMILES string of the molecule is CCN(C(=O)c1ccc(NCc2ccccn2)nn1)C1CCS(=O)(=O)C1. The number of carbonyl (C=O) groups excluding carboxylic acids is 1. The van der Waals surface area contributed by atoms with Crippen LogP contribution >= 0.6 is 0 Å². The van der Waals surface area contributed by atoms with Crippen LogP contribution in [0.2, 0.25) is 0 Å². The molecule has 2 aromatic rings. The Balaban J connectivity index is 1.64. The lowest BCUT2D eigenvalue weighted by atomic mass is 10.2. The molecule has 26 heavy (non-hydrogen) atoms. The van der Waals surface area contributed by atoms with E-state index in [9.17, 15) is 13.2 Å². The highest BCUT2D eigenvalue weighted by atomic mass is 32.2. The van der Waals surface area contributed by atoms with Crippen LogP contribution < -0.4 is 5.32 Å². The summed E-state index contributed by atoms with van der Waals surface area (Å²) in [6.07, 6.45) is 2.19. The van der Waals surface area contributed by atoms with Gasteiger partial charge in [-0.2, -0.15) is 0 Å². The summed E-state index contributed by atoms with van der Waals surface area (Å²) >= 11 is 0. The topological polar surface area (TPSA) is 105 Å². The smallest absolute Gasteiger partial charge is 0.274 e. The molecule has 1 N–H and O–H groups in total. The summed E-state index contributed by atoms with van der Waals surface area (Å²) in [5.74, 6) is 0.393. The van der Waals surface area contributed by atoms with Crippen LogP contribution in [0.4, 0.5) is 5.82 Å². The van der Waals surface area contributed by atoms with E-state index in [0.717, 1.165) is 5.69 Å². The number of rotatable bonds is 6. The Morgan fingerprint density at radius 2 is 2.12 bits per heavy atom. The van der Waals surface area contributed by atoms with Gasteiger partial charge in [-0.15, -0.1) is 10.2 Å². The van der Waals surface area contributed by atoms with E-state index in [-0.39, 0.29) is 29.1 Å². The van der Waals surface area contributed by atoms with Gasteiger partial charge in [0.25, 0.3) is 5.91 Å². The van der Waals surface area contributed by atoms with Gasteiger partial charge in [0, 0.05) is 18.8 Å². The van der Waals surface area contributed by atoms with E-state index < -0.39 is 9.84 Å². The van der Waals surface area contributed by atoms with Gasteiger partial charge in [0.15, 0.2) is 15.5 Å². The summed E-state index contributed by atoms with van der Waals surface area (Å²) in [6, 6.07) is 8.64. The Kier molecular flexibility index (Phi) is 5.46. The van der Waals surface area contributed by atoms with Crippen molar-refractivity contribution in [3.05, 3.63) is 47.9 Å². The van der Waals surface area contributed by atoms with Crippen LogP contribution in [0.3, 0.4) is 0 Å². The summed E-state index contributed by atoms with van der Waals surface area (Å²) in [6.45, 7) is 2.77. The molecule has 138 valence electrons. The van der Waals surface area contributed by atoms with Gasteiger partial charge in [-0.25, -0.2) is 8.42 Å². The van der Waals surface area contributed by atoms with E-state index >= 15 is 0 Å². The van der Waals surface area contributed by atoms with E-state index in [4.69, 9.17) is 0 Å². The van der Waals surface area contributed by atoms with Crippen LogP contribution in [0.5, 0.6) is 0 Å². The summed E-state index contributed by atoms with van der Waals surface area (Å²) < 4.78 is 23.3. The van der Waals surface area contributed by atoms with Crippen molar-refractivity contribution < 1.29 is 13.2 Å². The van der Waals surface area contributed by atoms with Crippen LogP contribution in [0.25, 0.3) is 0 Å². The van der Waals surface area contributed by atoms with Crippen LogP contribution in [0.15, 0.2) is 36.5 Å². The van der Waals surface area contributed by atoms with Crippen molar-refractivity contribution in [3.63, 3.8) is 0 Å². The first-order chi connectivity index (χ1) is 12.5. The molecule has 0 saturated carbocycles. The molecule has 1 aliphatic heterocycles. The lowest BCUT2D eigenvalue weighted by Gasteiger charge is -2.26. The third-order valence-electron chi connectivity index (χ3n) is 4.31. The van der Waals surface area contributed by atoms with Crippen molar-refractivity contribution in [2.45, 2.75) is 25.9 Å². The zero-order chi connectivity index (χ0) is 18.6. The highest BCUT2D eigenvalue weighted by Crippen LogP contribution is 2.19. The number of nitrogens with one attached hydrogen (secondary N) is 1. The quantitative estimate of drug-likeness (QED) is 0.807. The molecule has 1 unspecified atom stereocenters. The second kappa shape index (κ2) is 7.77. The molecule has 1 aliphatic rings. The van der Waals surface area contributed by atoms with Crippen molar-refractivity contribution in [1.82, 2.24) is 20.1 Å². The fourth-order valence-electron chi connectivity index (χ4n) is 2.96. The first-order valence-corrected chi connectivity index (χ1v) is 10.3. The van der Waals surface area contributed by atoms with E-state index in [1.807, 2.05) is 25.1 Å². The zero-order valence-corrected chi connectivity index (χ0v) is 15.3. The number of anilines is 1. The van der Waals surface area contributed by atoms with Crippen molar-refractivity contribution in [1.29, 1.82) is 0 Å². The predicted octanol–water partition coefficient (Wildman–Crippen LogP) is 1.13. The summed E-state index contributed by atoms with van der Waals surface area (Å²) in [4.78, 5) is 18.4. The van der Waals surface area contributed by atoms with E-state index in [2.05, 4.69) is 20.5 Å². The van der Waals surface area contributed by atoms with E-state index in [1.165, 1.54) is 0 Å². The molecule has 1 saturated heterocycles. The largest absolute Gasteiger partial charge is 0.363 e. The standard InChI is InChI=1S/C17H21N5O3S/c1-2-22(14-8-10-26(24,25)12-14)17(23)15-6-7-16(21-20-15)19-11-13-5-3-4-9-18-13/h3-7,9,14H,2,8,10-12H2,1H3,(H,19,21). The second-order valence-electron chi connectivity index (χ2n) is 6.13. The summed E-state index contributed by atoms with van der Waals surface area (Å²) in [7, 11) is -3.05. The monoisotopic (exact) mass is 375 g/mol. The minimum absolute atomic E-state index is 0.0176. The van der Waals surface area contributed by atoms with Gasteiger partial charge < -0.3 is 10.2 Å². The Hall–Kier alpha value is -2.55. The molecule has 0 radical (unpaired) electrons. The lowest BCUT2D eigenvalue weighted by molar-refractivity contribution is 0.0701. The molecule has 8 nitrogen and oxygen atoms in total. The van der Waals surface area contributed by atoms with Crippen molar-refractivity contribution in [3.8, 4) is 0 Å². The fourth-order valence-corrected chi connectivity index (χ4v) is 4.69.